The number of esters is 1. The van der Waals surface area contributed by atoms with E-state index in [0.717, 1.165) is 23.6 Å². The molecule has 0 saturated heterocycles. The van der Waals surface area contributed by atoms with Gasteiger partial charge in [-0.1, -0.05) is 38.1 Å². The van der Waals surface area contributed by atoms with Crippen LogP contribution in [-0.2, 0) is 9.59 Å². The van der Waals surface area contributed by atoms with Crippen molar-refractivity contribution in [1.29, 1.82) is 0 Å². The van der Waals surface area contributed by atoms with Crippen molar-refractivity contribution in [3.63, 3.8) is 0 Å². The van der Waals surface area contributed by atoms with Crippen LogP contribution in [0.3, 0.4) is 0 Å². The molecule has 0 radical (unpaired) electrons. The summed E-state index contributed by atoms with van der Waals surface area (Å²) in [4.78, 5) is 38.3. The molecule has 3 heterocycles. The number of pyridine rings is 1. The summed E-state index contributed by atoms with van der Waals surface area (Å²) in [5.41, 5.74) is 4.28. The number of hydrogen-bond donors (Lipinski definition) is 1. The molecule has 3 aromatic rings. The van der Waals surface area contributed by atoms with E-state index >= 15 is 0 Å². The van der Waals surface area contributed by atoms with Crippen molar-refractivity contribution in [2.24, 2.45) is 0 Å². The lowest BCUT2D eigenvalue weighted by Gasteiger charge is -2.26. The Kier molecular flexibility index (Phi) is 6.78. The van der Waals surface area contributed by atoms with E-state index in [9.17, 15) is 9.59 Å². The third-order valence-electron chi connectivity index (χ3n) is 5.79. The topological polar surface area (TPSA) is 103 Å². The lowest BCUT2D eigenvalue weighted by atomic mass is 9.85. The summed E-state index contributed by atoms with van der Waals surface area (Å²) >= 11 is 0. The number of carbonyl (C=O) groups excluding carboxylic acids is 2. The first-order chi connectivity index (χ1) is 16.7. The minimum absolute atomic E-state index is 0.170. The number of carboxylic acids is 1. The maximum Gasteiger partial charge on any atom is 0.312 e. The third-order valence-corrected chi connectivity index (χ3v) is 5.79. The number of rotatable bonds is 3. The van der Waals surface area contributed by atoms with Gasteiger partial charge in [0.15, 0.2) is 5.76 Å². The van der Waals surface area contributed by atoms with Crippen molar-refractivity contribution in [2.75, 3.05) is 0 Å². The van der Waals surface area contributed by atoms with Crippen LogP contribution in [0, 0.1) is 0 Å². The van der Waals surface area contributed by atoms with E-state index in [1.807, 2.05) is 24.3 Å². The van der Waals surface area contributed by atoms with Gasteiger partial charge >= 0.3 is 5.97 Å². The molecule has 1 aromatic heterocycles. The molecule has 5 rings (SSSR count). The number of carboxylic acid groups (broad SMARTS) is 1. The lowest BCUT2D eigenvalue weighted by Crippen LogP contribution is -2.21. The number of ether oxygens (including phenoxy) is 2. The quantitative estimate of drug-likeness (QED) is 0.312. The van der Waals surface area contributed by atoms with Crippen LogP contribution < -0.4 is 9.47 Å². The summed E-state index contributed by atoms with van der Waals surface area (Å²) in [5.74, 6) is 0.0529. The first kappa shape index (κ1) is 23.9. The van der Waals surface area contributed by atoms with Crippen LogP contribution >= 0.6 is 0 Å². The number of aliphatic carboxylic acids is 1. The third kappa shape index (κ3) is 5.14. The van der Waals surface area contributed by atoms with Crippen LogP contribution in [0.25, 0.3) is 6.08 Å². The van der Waals surface area contributed by atoms with E-state index < -0.39 is 5.97 Å². The Morgan fingerprint density at radius 3 is 2.31 bits per heavy atom. The van der Waals surface area contributed by atoms with Gasteiger partial charge in [-0.15, -0.1) is 0 Å². The maximum atomic E-state index is 13.1. The fraction of sp³-hybridized carbons (Fsp3) is 0.214. The van der Waals surface area contributed by atoms with E-state index in [1.54, 1.807) is 30.6 Å². The molecule has 1 unspecified atom stereocenters. The average molecular weight is 472 g/mol. The molecule has 2 aliphatic heterocycles. The summed E-state index contributed by atoms with van der Waals surface area (Å²) in [5, 5.41) is 7.42. The predicted octanol–water partition coefficient (Wildman–Crippen LogP) is 5.35. The van der Waals surface area contributed by atoms with E-state index in [4.69, 9.17) is 19.4 Å². The SMILES string of the molecule is CC(=O)O.CC(C)c1ccc(/C=C2\Oc3c(ccc4c3C(c3ccncc3)CC(=O)O4)C2=O)cc1. The molecule has 0 spiro atoms. The fourth-order valence-electron chi connectivity index (χ4n) is 4.12. The molecule has 35 heavy (non-hydrogen) atoms. The Hall–Kier alpha value is -4.26. The molecule has 0 bridgehead atoms. The number of ketones is 1. The van der Waals surface area contributed by atoms with Crippen LogP contribution in [0.1, 0.15) is 71.6 Å². The van der Waals surface area contributed by atoms with Crippen LogP contribution in [0.5, 0.6) is 11.5 Å². The molecule has 178 valence electrons. The zero-order chi connectivity index (χ0) is 25.1. The average Bonchev–Trinajstić information content (AvgIpc) is 3.14. The molecule has 2 aromatic carbocycles. The van der Waals surface area contributed by atoms with Crippen molar-refractivity contribution in [3.8, 4) is 11.5 Å². The zero-order valence-electron chi connectivity index (χ0n) is 19.6. The molecule has 1 N–H and O–H groups in total. The minimum Gasteiger partial charge on any atom is -0.481 e. The van der Waals surface area contributed by atoms with Crippen molar-refractivity contribution >= 4 is 23.8 Å². The monoisotopic (exact) mass is 471 g/mol. The molecule has 2 aliphatic rings. The van der Waals surface area contributed by atoms with Crippen molar-refractivity contribution in [2.45, 2.75) is 39.0 Å². The van der Waals surface area contributed by atoms with Crippen LogP contribution in [0.15, 0.2) is 66.7 Å². The van der Waals surface area contributed by atoms with Crippen LogP contribution in [0.4, 0.5) is 0 Å². The number of aromatic nitrogens is 1. The first-order valence-electron chi connectivity index (χ1n) is 11.3. The fourth-order valence-corrected chi connectivity index (χ4v) is 4.12. The predicted molar refractivity (Wildman–Crippen MR) is 130 cm³/mol. The Labute approximate surface area is 203 Å². The highest BCUT2D eigenvalue weighted by Crippen LogP contribution is 2.48. The summed E-state index contributed by atoms with van der Waals surface area (Å²) in [6.07, 6.45) is 5.32. The van der Waals surface area contributed by atoms with E-state index in [1.165, 1.54) is 5.56 Å². The molecule has 0 saturated carbocycles. The van der Waals surface area contributed by atoms with Crippen LogP contribution in [-0.4, -0.2) is 27.8 Å². The van der Waals surface area contributed by atoms with Crippen LogP contribution in [0.2, 0.25) is 0 Å². The molecular weight excluding hydrogens is 446 g/mol. The minimum atomic E-state index is -0.833. The second kappa shape index (κ2) is 9.93. The molecule has 0 amide bonds. The van der Waals surface area contributed by atoms with Gasteiger partial charge in [0.2, 0.25) is 5.78 Å². The number of nitrogens with zero attached hydrogens (tertiary/aromatic N) is 1. The number of carbonyl (C=O) groups is 3. The number of allylic oxidation sites excluding steroid dienone is 1. The maximum absolute atomic E-state index is 13.1. The summed E-state index contributed by atoms with van der Waals surface area (Å²) in [7, 11) is 0. The molecular formula is C28H25NO6. The van der Waals surface area contributed by atoms with Gasteiger partial charge in [0.1, 0.15) is 11.5 Å². The van der Waals surface area contributed by atoms with E-state index in [-0.39, 0.29) is 29.9 Å². The number of benzene rings is 2. The van der Waals surface area contributed by atoms with Crippen molar-refractivity contribution < 1.29 is 29.0 Å². The normalized spacial score (nSPS) is 17.1. The summed E-state index contributed by atoms with van der Waals surface area (Å²) in [6.45, 7) is 5.37. The Morgan fingerprint density at radius 2 is 1.69 bits per heavy atom. The Balaban J connectivity index is 0.000000672. The highest BCUT2D eigenvalue weighted by atomic mass is 16.5. The van der Waals surface area contributed by atoms with Gasteiger partial charge in [0.05, 0.1) is 12.0 Å². The Bertz CT molecular complexity index is 1310. The first-order valence-corrected chi connectivity index (χ1v) is 11.3. The number of fused-ring (bicyclic) bond motifs is 3. The Morgan fingerprint density at radius 1 is 1.03 bits per heavy atom. The van der Waals surface area contributed by atoms with Gasteiger partial charge in [-0.25, -0.2) is 0 Å². The van der Waals surface area contributed by atoms with Gasteiger partial charge in [-0.2, -0.15) is 0 Å². The number of hydrogen-bond acceptors (Lipinski definition) is 6. The van der Waals surface area contributed by atoms with E-state index in [0.29, 0.717) is 23.0 Å². The van der Waals surface area contributed by atoms with Crippen molar-refractivity contribution in [3.05, 3.63) is 94.5 Å². The second-order valence-corrected chi connectivity index (χ2v) is 8.65. The van der Waals surface area contributed by atoms with Crippen molar-refractivity contribution in [1.82, 2.24) is 4.98 Å². The van der Waals surface area contributed by atoms with E-state index in [2.05, 4.69) is 31.0 Å². The molecule has 0 fully saturated rings. The highest BCUT2D eigenvalue weighted by molar-refractivity contribution is 6.15. The molecule has 0 aliphatic carbocycles. The summed E-state index contributed by atoms with van der Waals surface area (Å²) < 4.78 is 11.6. The van der Waals surface area contributed by atoms with Gasteiger partial charge in [-0.05, 0) is 52.9 Å². The number of Topliss-reactive ketones (excluding diaryl/α,β-unsaturated/α-hetero) is 1. The van der Waals surface area contributed by atoms with Gasteiger partial charge < -0.3 is 14.6 Å². The lowest BCUT2D eigenvalue weighted by molar-refractivity contribution is -0.136. The van der Waals surface area contributed by atoms with Gasteiger partial charge in [0.25, 0.3) is 5.97 Å². The molecule has 7 nitrogen and oxygen atoms in total. The van der Waals surface area contributed by atoms with Gasteiger partial charge in [-0.3, -0.25) is 19.4 Å². The molecule has 1 atom stereocenters. The summed E-state index contributed by atoms with van der Waals surface area (Å²) in [6, 6.07) is 15.2. The molecule has 7 heteroatoms. The highest BCUT2D eigenvalue weighted by Gasteiger charge is 2.38. The largest absolute Gasteiger partial charge is 0.481 e. The zero-order valence-corrected chi connectivity index (χ0v) is 19.6. The smallest absolute Gasteiger partial charge is 0.312 e. The standard InChI is InChI=1S/C26H21NO4.C2H4O2/c1-15(2)17-5-3-16(4-6-17)13-22-25(29)19-7-8-21-24(26(19)31-22)20(14-23(28)30-21)18-9-11-27-12-10-18;1-2(3)4/h3-13,15,20H,14H2,1-2H3;1H3,(H,3,4)/b22-13-;. The second-order valence-electron chi connectivity index (χ2n) is 8.65. The van der Waals surface area contributed by atoms with Gasteiger partial charge in [0, 0.05) is 30.8 Å².